The van der Waals surface area contributed by atoms with E-state index < -0.39 is 6.10 Å². The number of amides is 1. The van der Waals surface area contributed by atoms with Gasteiger partial charge in [-0.1, -0.05) is 0 Å². The normalized spacial score (nSPS) is 27.8. The Kier molecular flexibility index (Phi) is 4.10. The summed E-state index contributed by atoms with van der Waals surface area (Å²) in [5.74, 6) is 0.536. The van der Waals surface area contributed by atoms with Crippen LogP contribution in [0.1, 0.15) is 31.2 Å². The molecule has 1 aromatic rings. The Morgan fingerprint density at radius 1 is 1.33 bits per heavy atom. The molecule has 3 rings (SSSR count). The lowest BCUT2D eigenvalue weighted by Crippen LogP contribution is -2.44. The molecule has 114 valence electrons. The van der Waals surface area contributed by atoms with Crippen molar-refractivity contribution in [2.75, 3.05) is 6.61 Å². The van der Waals surface area contributed by atoms with Gasteiger partial charge < -0.3 is 15.2 Å². The highest BCUT2D eigenvalue weighted by atomic mass is 19.1. The summed E-state index contributed by atoms with van der Waals surface area (Å²) in [6.07, 6.45) is 3.54. The first-order valence-corrected chi connectivity index (χ1v) is 7.52. The van der Waals surface area contributed by atoms with Gasteiger partial charge in [0.15, 0.2) is 6.10 Å². The van der Waals surface area contributed by atoms with Crippen molar-refractivity contribution in [1.29, 1.82) is 0 Å². The zero-order valence-electron chi connectivity index (χ0n) is 11.8. The van der Waals surface area contributed by atoms with Crippen molar-refractivity contribution in [1.82, 2.24) is 5.32 Å². The van der Waals surface area contributed by atoms with E-state index in [0.29, 0.717) is 18.1 Å². The summed E-state index contributed by atoms with van der Waals surface area (Å²) in [6, 6.07) is 4.50. The molecule has 1 aromatic carbocycles. The molecule has 2 N–H and O–H groups in total. The average molecular weight is 293 g/mol. The third-order valence-corrected chi connectivity index (χ3v) is 4.44. The van der Waals surface area contributed by atoms with Gasteiger partial charge in [-0.25, -0.2) is 4.39 Å². The SMILES string of the molecule is O=C(NC1CCC(CO)CC1)C1Cc2cc(F)ccc2O1. The molecule has 1 heterocycles. The van der Waals surface area contributed by atoms with Crippen LogP contribution in [0.3, 0.4) is 0 Å². The highest BCUT2D eigenvalue weighted by Crippen LogP contribution is 2.30. The summed E-state index contributed by atoms with van der Waals surface area (Å²) in [5.41, 5.74) is 0.749. The molecule has 0 spiro atoms. The molecule has 1 fully saturated rings. The second-order valence-electron chi connectivity index (χ2n) is 5.97. The molecule has 1 atom stereocenters. The Morgan fingerprint density at radius 3 is 2.81 bits per heavy atom. The van der Waals surface area contributed by atoms with Crippen molar-refractivity contribution >= 4 is 5.91 Å². The second-order valence-corrected chi connectivity index (χ2v) is 5.97. The molecule has 5 heteroatoms. The van der Waals surface area contributed by atoms with Gasteiger partial charge in [-0.05, 0) is 49.8 Å². The molecule has 4 nitrogen and oxygen atoms in total. The first-order chi connectivity index (χ1) is 10.2. The fourth-order valence-corrected chi connectivity index (χ4v) is 3.15. The molecule has 0 aromatic heterocycles. The van der Waals surface area contributed by atoms with Crippen LogP contribution in [0.25, 0.3) is 0 Å². The average Bonchev–Trinajstić information content (AvgIpc) is 2.91. The lowest BCUT2D eigenvalue weighted by molar-refractivity contribution is -0.128. The van der Waals surface area contributed by atoms with E-state index in [2.05, 4.69) is 5.32 Å². The van der Waals surface area contributed by atoms with Gasteiger partial charge in [0.2, 0.25) is 0 Å². The summed E-state index contributed by atoms with van der Waals surface area (Å²) in [5, 5.41) is 12.1. The number of carbonyl (C=O) groups is 1. The smallest absolute Gasteiger partial charge is 0.261 e. The molecule has 1 amide bonds. The number of aliphatic hydroxyl groups is 1. The van der Waals surface area contributed by atoms with Crippen molar-refractivity contribution in [2.45, 2.75) is 44.2 Å². The van der Waals surface area contributed by atoms with Crippen LogP contribution in [0.2, 0.25) is 0 Å². The Hall–Kier alpha value is -1.62. The molecule has 1 unspecified atom stereocenters. The molecular formula is C16H20FNO3. The van der Waals surface area contributed by atoms with E-state index in [1.807, 2.05) is 0 Å². The van der Waals surface area contributed by atoms with Crippen LogP contribution in [0.15, 0.2) is 18.2 Å². The lowest BCUT2D eigenvalue weighted by atomic mass is 9.86. The van der Waals surface area contributed by atoms with Gasteiger partial charge in [0.05, 0.1) is 0 Å². The molecule has 1 saturated carbocycles. The van der Waals surface area contributed by atoms with E-state index in [4.69, 9.17) is 9.84 Å². The van der Waals surface area contributed by atoms with E-state index in [9.17, 15) is 9.18 Å². The quantitative estimate of drug-likeness (QED) is 0.893. The van der Waals surface area contributed by atoms with Crippen LogP contribution in [0.5, 0.6) is 5.75 Å². The van der Waals surface area contributed by atoms with E-state index >= 15 is 0 Å². The summed E-state index contributed by atoms with van der Waals surface area (Å²) in [7, 11) is 0. The largest absolute Gasteiger partial charge is 0.480 e. The van der Waals surface area contributed by atoms with Gasteiger partial charge >= 0.3 is 0 Å². The number of hydrogen-bond acceptors (Lipinski definition) is 3. The Morgan fingerprint density at radius 2 is 2.10 bits per heavy atom. The van der Waals surface area contributed by atoms with Gasteiger partial charge in [0.25, 0.3) is 5.91 Å². The highest BCUT2D eigenvalue weighted by molar-refractivity contribution is 5.82. The minimum atomic E-state index is -0.558. The van der Waals surface area contributed by atoms with E-state index in [0.717, 1.165) is 31.2 Å². The van der Waals surface area contributed by atoms with Gasteiger partial charge in [-0.15, -0.1) is 0 Å². The van der Waals surface area contributed by atoms with Crippen LogP contribution in [-0.4, -0.2) is 29.8 Å². The van der Waals surface area contributed by atoms with Gasteiger partial charge in [0, 0.05) is 24.6 Å². The molecule has 2 aliphatic rings. The Labute approximate surface area is 123 Å². The molecule has 0 radical (unpaired) electrons. The number of nitrogens with one attached hydrogen (secondary N) is 1. The zero-order valence-corrected chi connectivity index (χ0v) is 11.8. The fourth-order valence-electron chi connectivity index (χ4n) is 3.15. The van der Waals surface area contributed by atoms with Crippen molar-refractivity contribution in [2.24, 2.45) is 5.92 Å². The minimum Gasteiger partial charge on any atom is -0.480 e. The zero-order chi connectivity index (χ0) is 14.8. The standard InChI is InChI=1S/C16H20FNO3/c17-12-3-6-14-11(7-12)8-15(21-14)16(20)18-13-4-1-10(9-19)2-5-13/h3,6-7,10,13,15,19H,1-2,4-5,8-9H2,(H,18,20). The monoisotopic (exact) mass is 293 g/mol. The molecule has 21 heavy (non-hydrogen) atoms. The molecule has 1 aliphatic heterocycles. The number of halogens is 1. The summed E-state index contributed by atoms with van der Waals surface area (Å²) < 4.78 is 18.7. The molecular weight excluding hydrogens is 273 g/mol. The number of ether oxygens (including phenoxy) is 1. The van der Waals surface area contributed by atoms with Crippen LogP contribution in [-0.2, 0) is 11.2 Å². The van der Waals surface area contributed by atoms with Gasteiger partial charge in [-0.2, -0.15) is 0 Å². The van der Waals surface area contributed by atoms with Crippen LogP contribution in [0, 0.1) is 11.7 Å². The number of benzene rings is 1. The third-order valence-electron chi connectivity index (χ3n) is 4.44. The third kappa shape index (κ3) is 3.18. The highest BCUT2D eigenvalue weighted by Gasteiger charge is 2.31. The van der Waals surface area contributed by atoms with Crippen molar-refractivity contribution in [3.05, 3.63) is 29.6 Å². The number of carbonyl (C=O) groups excluding carboxylic acids is 1. The maximum absolute atomic E-state index is 13.2. The molecule has 1 aliphatic carbocycles. The van der Waals surface area contributed by atoms with Crippen LogP contribution >= 0.6 is 0 Å². The fraction of sp³-hybridized carbons (Fsp3) is 0.562. The van der Waals surface area contributed by atoms with Gasteiger partial charge in [0.1, 0.15) is 11.6 Å². The van der Waals surface area contributed by atoms with E-state index in [-0.39, 0.29) is 24.4 Å². The van der Waals surface area contributed by atoms with Crippen molar-refractivity contribution in [3.63, 3.8) is 0 Å². The number of fused-ring (bicyclic) bond motifs is 1. The first-order valence-electron chi connectivity index (χ1n) is 7.52. The second kappa shape index (κ2) is 6.02. The number of hydrogen-bond donors (Lipinski definition) is 2. The predicted molar refractivity (Wildman–Crippen MR) is 75.5 cm³/mol. The maximum Gasteiger partial charge on any atom is 0.261 e. The van der Waals surface area contributed by atoms with E-state index in [1.165, 1.54) is 12.1 Å². The minimum absolute atomic E-state index is 0.126. The summed E-state index contributed by atoms with van der Waals surface area (Å²) >= 11 is 0. The maximum atomic E-state index is 13.2. The van der Waals surface area contributed by atoms with Gasteiger partial charge in [-0.3, -0.25) is 4.79 Å². The first kappa shape index (κ1) is 14.3. The topological polar surface area (TPSA) is 58.6 Å². The molecule has 0 bridgehead atoms. The number of aliphatic hydroxyl groups excluding tert-OH is 1. The van der Waals surface area contributed by atoms with Crippen LogP contribution in [0.4, 0.5) is 4.39 Å². The lowest BCUT2D eigenvalue weighted by Gasteiger charge is -2.28. The Balaban J connectivity index is 1.54. The van der Waals surface area contributed by atoms with E-state index in [1.54, 1.807) is 6.07 Å². The summed E-state index contributed by atoms with van der Waals surface area (Å²) in [4.78, 5) is 12.2. The molecule has 0 saturated heterocycles. The van der Waals surface area contributed by atoms with Crippen LogP contribution < -0.4 is 10.1 Å². The van der Waals surface area contributed by atoms with Crippen molar-refractivity contribution < 1.29 is 19.0 Å². The summed E-state index contributed by atoms with van der Waals surface area (Å²) in [6.45, 7) is 0.229. The predicted octanol–water partition coefficient (Wildman–Crippen LogP) is 1.80. The Bertz CT molecular complexity index is 526. The number of rotatable bonds is 3. The van der Waals surface area contributed by atoms with Crippen molar-refractivity contribution in [3.8, 4) is 5.75 Å².